The van der Waals surface area contributed by atoms with Crippen LogP contribution in [0.3, 0.4) is 0 Å². The molecule has 0 bridgehead atoms. The molecule has 35 heavy (non-hydrogen) atoms. The van der Waals surface area contributed by atoms with Gasteiger partial charge in [-0.25, -0.2) is 9.79 Å². The number of piperazine rings is 1. The number of urea groups is 1. The van der Waals surface area contributed by atoms with Gasteiger partial charge in [-0.1, -0.05) is 42.0 Å². The van der Waals surface area contributed by atoms with Crippen LogP contribution in [0.25, 0.3) is 0 Å². The molecule has 1 atom stereocenters. The van der Waals surface area contributed by atoms with Crippen molar-refractivity contribution in [2.24, 2.45) is 4.99 Å². The zero-order valence-corrected chi connectivity index (χ0v) is 20.3. The second kappa shape index (κ2) is 9.70. The van der Waals surface area contributed by atoms with Crippen molar-refractivity contribution in [2.75, 3.05) is 26.7 Å². The summed E-state index contributed by atoms with van der Waals surface area (Å²) in [6.45, 7) is 6.57. The van der Waals surface area contributed by atoms with E-state index in [1.807, 2.05) is 59.5 Å². The van der Waals surface area contributed by atoms with Gasteiger partial charge in [0.15, 0.2) is 5.75 Å². The van der Waals surface area contributed by atoms with Gasteiger partial charge in [-0.3, -0.25) is 0 Å². The molecule has 0 aliphatic carbocycles. The highest BCUT2D eigenvalue weighted by Gasteiger charge is 2.31. The van der Waals surface area contributed by atoms with E-state index in [-0.39, 0.29) is 12.1 Å². The van der Waals surface area contributed by atoms with E-state index in [0.717, 1.165) is 39.9 Å². The lowest BCUT2D eigenvalue weighted by molar-refractivity contribution is 0.134. The minimum atomic E-state index is -0.0443. The fourth-order valence-corrected chi connectivity index (χ4v) is 4.62. The number of hydrogen-bond acceptors (Lipinski definition) is 5. The Labute approximate surface area is 206 Å². The molecule has 2 heterocycles. The standard InChI is InChI=1S/C28H30N4O3/c1-19-7-6-8-21(15-19)17-29-28(33)32-14-13-31(18-20(32)2)27-23-16-22(34-3)11-12-25(23)35-26-10-5-4-9-24(26)30-27/h4-12,15-16,20H,13-14,17-18H2,1-3H3,(H,29,33). The van der Waals surface area contributed by atoms with Gasteiger partial charge in [0.05, 0.1) is 12.7 Å². The summed E-state index contributed by atoms with van der Waals surface area (Å²) in [7, 11) is 1.65. The first-order valence-electron chi connectivity index (χ1n) is 11.9. The van der Waals surface area contributed by atoms with E-state index in [4.69, 9.17) is 14.5 Å². The van der Waals surface area contributed by atoms with Crippen molar-refractivity contribution >= 4 is 17.6 Å². The molecule has 2 aliphatic rings. The normalized spacial score (nSPS) is 16.9. The molecule has 180 valence electrons. The van der Waals surface area contributed by atoms with Crippen LogP contribution in [-0.4, -0.2) is 54.5 Å². The molecule has 5 rings (SSSR count). The fourth-order valence-electron chi connectivity index (χ4n) is 4.62. The van der Waals surface area contributed by atoms with Crippen LogP contribution in [0.15, 0.2) is 71.7 Å². The summed E-state index contributed by atoms with van der Waals surface area (Å²) in [4.78, 5) is 22.1. The Morgan fingerprint density at radius 3 is 2.74 bits per heavy atom. The molecule has 3 aromatic carbocycles. The van der Waals surface area contributed by atoms with Gasteiger partial charge in [0.25, 0.3) is 0 Å². The summed E-state index contributed by atoms with van der Waals surface area (Å²) in [6, 6.07) is 21.7. The molecule has 7 nitrogen and oxygen atoms in total. The van der Waals surface area contributed by atoms with Crippen molar-refractivity contribution in [3.8, 4) is 17.2 Å². The van der Waals surface area contributed by atoms with E-state index in [9.17, 15) is 4.79 Å². The highest BCUT2D eigenvalue weighted by molar-refractivity contribution is 6.04. The van der Waals surface area contributed by atoms with Crippen LogP contribution >= 0.6 is 0 Å². The smallest absolute Gasteiger partial charge is 0.318 e. The Morgan fingerprint density at radius 1 is 1.09 bits per heavy atom. The Hall–Kier alpha value is -4.00. The van der Waals surface area contributed by atoms with E-state index in [0.29, 0.717) is 26.2 Å². The Morgan fingerprint density at radius 2 is 1.94 bits per heavy atom. The van der Waals surface area contributed by atoms with Crippen LogP contribution in [0.4, 0.5) is 10.5 Å². The number of para-hydroxylation sites is 2. The number of aryl methyl sites for hydroxylation is 1. The average Bonchev–Trinajstić information content (AvgIpc) is 3.03. The number of amides is 2. The van der Waals surface area contributed by atoms with Gasteiger partial charge in [0.1, 0.15) is 23.0 Å². The van der Waals surface area contributed by atoms with E-state index in [2.05, 4.69) is 36.2 Å². The SMILES string of the molecule is COc1ccc2c(c1)C(N1CCN(C(=O)NCc3cccc(C)c3)C(C)C1)=Nc1ccccc1O2. The molecule has 1 saturated heterocycles. The van der Waals surface area contributed by atoms with Crippen molar-refractivity contribution in [1.82, 2.24) is 15.1 Å². The number of carbonyl (C=O) groups is 1. The number of nitrogens with one attached hydrogen (secondary N) is 1. The lowest BCUT2D eigenvalue weighted by atomic mass is 10.1. The number of rotatable bonds is 3. The predicted molar refractivity (Wildman–Crippen MR) is 137 cm³/mol. The van der Waals surface area contributed by atoms with Crippen molar-refractivity contribution in [3.63, 3.8) is 0 Å². The summed E-state index contributed by atoms with van der Waals surface area (Å²) in [5.74, 6) is 3.03. The number of aliphatic imine (C=N–C) groups is 1. The van der Waals surface area contributed by atoms with Crippen molar-refractivity contribution in [3.05, 3.63) is 83.4 Å². The Bertz CT molecular complexity index is 1270. The number of carbonyl (C=O) groups excluding carboxylic acids is 1. The van der Waals surface area contributed by atoms with E-state index in [1.165, 1.54) is 5.56 Å². The number of amidine groups is 1. The van der Waals surface area contributed by atoms with Gasteiger partial charge in [0, 0.05) is 32.2 Å². The molecule has 0 aromatic heterocycles. The molecule has 0 radical (unpaired) electrons. The zero-order valence-electron chi connectivity index (χ0n) is 20.3. The van der Waals surface area contributed by atoms with Crippen molar-refractivity contribution in [2.45, 2.75) is 26.4 Å². The van der Waals surface area contributed by atoms with Gasteiger partial charge >= 0.3 is 6.03 Å². The minimum Gasteiger partial charge on any atom is -0.497 e. The van der Waals surface area contributed by atoms with Crippen molar-refractivity contribution < 1.29 is 14.3 Å². The topological polar surface area (TPSA) is 66.4 Å². The molecule has 7 heteroatoms. The first kappa shape index (κ1) is 22.8. The maximum Gasteiger partial charge on any atom is 0.318 e. The monoisotopic (exact) mass is 470 g/mol. The van der Waals surface area contributed by atoms with Crippen LogP contribution < -0.4 is 14.8 Å². The van der Waals surface area contributed by atoms with E-state index >= 15 is 0 Å². The molecule has 1 fully saturated rings. The van der Waals surface area contributed by atoms with Crippen LogP contribution in [0.2, 0.25) is 0 Å². The zero-order chi connectivity index (χ0) is 24.4. The third-order valence-electron chi connectivity index (χ3n) is 6.45. The van der Waals surface area contributed by atoms with Gasteiger partial charge in [-0.05, 0) is 49.7 Å². The number of benzene rings is 3. The molecule has 0 saturated carbocycles. The Balaban J connectivity index is 1.35. The van der Waals surface area contributed by atoms with Crippen LogP contribution in [0.1, 0.15) is 23.6 Å². The van der Waals surface area contributed by atoms with Crippen LogP contribution in [0.5, 0.6) is 17.2 Å². The summed E-state index contributed by atoms with van der Waals surface area (Å²) in [6.07, 6.45) is 0. The molecular weight excluding hydrogens is 440 g/mol. The highest BCUT2D eigenvalue weighted by Crippen LogP contribution is 2.39. The van der Waals surface area contributed by atoms with E-state index in [1.54, 1.807) is 7.11 Å². The molecule has 1 N–H and O–H groups in total. The molecule has 3 aromatic rings. The lowest BCUT2D eigenvalue weighted by Crippen LogP contribution is -2.57. The van der Waals surface area contributed by atoms with Crippen molar-refractivity contribution in [1.29, 1.82) is 0 Å². The Kier molecular flexibility index (Phi) is 6.31. The van der Waals surface area contributed by atoms with Gasteiger partial charge in [-0.2, -0.15) is 0 Å². The van der Waals surface area contributed by atoms with Gasteiger partial charge in [-0.15, -0.1) is 0 Å². The largest absolute Gasteiger partial charge is 0.497 e. The number of hydrogen-bond donors (Lipinski definition) is 1. The maximum atomic E-state index is 13.0. The summed E-state index contributed by atoms with van der Waals surface area (Å²) >= 11 is 0. The molecule has 2 amide bonds. The third kappa shape index (κ3) is 4.80. The quantitative estimate of drug-likeness (QED) is 0.578. The second-order valence-electron chi connectivity index (χ2n) is 9.00. The summed E-state index contributed by atoms with van der Waals surface area (Å²) < 4.78 is 11.7. The fraction of sp³-hybridized carbons (Fsp3) is 0.286. The van der Waals surface area contributed by atoms with Crippen LogP contribution in [0, 0.1) is 6.92 Å². The van der Waals surface area contributed by atoms with Gasteiger partial charge in [0.2, 0.25) is 0 Å². The number of methoxy groups -OCH3 is 1. The highest BCUT2D eigenvalue weighted by atomic mass is 16.5. The van der Waals surface area contributed by atoms with Crippen LogP contribution in [-0.2, 0) is 6.54 Å². The summed E-state index contributed by atoms with van der Waals surface area (Å²) in [5, 5.41) is 3.08. The molecule has 0 spiro atoms. The summed E-state index contributed by atoms with van der Waals surface area (Å²) in [5.41, 5.74) is 3.95. The van der Waals surface area contributed by atoms with E-state index < -0.39 is 0 Å². The number of fused-ring (bicyclic) bond motifs is 2. The third-order valence-corrected chi connectivity index (χ3v) is 6.45. The maximum absolute atomic E-state index is 13.0. The number of ether oxygens (including phenoxy) is 2. The first-order valence-corrected chi connectivity index (χ1v) is 11.9. The van der Waals surface area contributed by atoms with Gasteiger partial charge < -0.3 is 24.6 Å². The second-order valence-corrected chi connectivity index (χ2v) is 9.00. The average molecular weight is 471 g/mol. The minimum absolute atomic E-state index is 0.0115. The molecular formula is C28H30N4O3. The number of nitrogens with zero attached hydrogens (tertiary/aromatic N) is 3. The first-order chi connectivity index (χ1) is 17.0. The molecule has 2 aliphatic heterocycles. The predicted octanol–water partition coefficient (Wildman–Crippen LogP) is 5.10. The lowest BCUT2D eigenvalue weighted by Gasteiger charge is -2.41. The molecule has 1 unspecified atom stereocenters.